The molecule has 0 saturated heterocycles. The number of hydrogen-bond acceptors (Lipinski definition) is 2. The molecule has 0 aliphatic carbocycles. The van der Waals surface area contributed by atoms with Crippen LogP contribution in [-0.2, 0) is 6.54 Å². The number of nitrogen functional groups attached to an aromatic ring is 1. The molecule has 2 nitrogen and oxygen atoms in total. The van der Waals surface area contributed by atoms with Crippen molar-refractivity contribution < 1.29 is 0 Å². The number of halogens is 1. The zero-order chi connectivity index (χ0) is 10.7. The molecule has 1 heterocycles. The van der Waals surface area contributed by atoms with Crippen LogP contribution >= 0.6 is 15.9 Å². The van der Waals surface area contributed by atoms with Gasteiger partial charge in [0.2, 0.25) is 0 Å². The summed E-state index contributed by atoms with van der Waals surface area (Å²) in [6, 6.07) is 6.11. The summed E-state index contributed by atoms with van der Waals surface area (Å²) in [6.07, 6.45) is 5.61. The maximum atomic E-state index is 5.96. The molecule has 0 bridgehead atoms. The van der Waals surface area contributed by atoms with E-state index in [4.69, 9.17) is 5.73 Å². The van der Waals surface area contributed by atoms with Crippen LogP contribution in [0.2, 0.25) is 0 Å². The maximum absolute atomic E-state index is 5.96. The van der Waals surface area contributed by atoms with Gasteiger partial charge < -0.3 is 5.73 Å². The Balaban J connectivity index is 2.06. The number of hydrogen-bond donors (Lipinski definition) is 1. The highest BCUT2D eigenvalue weighted by Gasteiger charge is 2.08. The fourth-order valence-electron chi connectivity index (χ4n) is 1.78. The van der Waals surface area contributed by atoms with Crippen molar-refractivity contribution in [2.24, 2.45) is 0 Å². The summed E-state index contributed by atoms with van der Waals surface area (Å²) in [6.45, 7) is 3.12. The Hall–Kier alpha value is -0.800. The Morgan fingerprint density at radius 2 is 2.20 bits per heavy atom. The van der Waals surface area contributed by atoms with Crippen LogP contribution in [0, 0.1) is 0 Å². The van der Waals surface area contributed by atoms with Crippen molar-refractivity contribution in [3.63, 3.8) is 0 Å². The number of benzene rings is 1. The smallest absolute Gasteiger partial charge is 0.0371 e. The lowest BCUT2D eigenvalue weighted by Gasteiger charge is -2.23. The molecule has 80 valence electrons. The van der Waals surface area contributed by atoms with Gasteiger partial charge in [-0.15, -0.1) is 0 Å². The predicted octanol–water partition coefficient (Wildman–Crippen LogP) is 2.79. The van der Waals surface area contributed by atoms with Crippen LogP contribution in [0.5, 0.6) is 0 Å². The van der Waals surface area contributed by atoms with Gasteiger partial charge in [0.05, 0.1) is 0 Å². The molecule has 0 amide bonds. The summed E-state index contributed by atoms with van der Waals surface area (Å²) in [5.41, 5.74) is 8.05. The molecular weight excluding hydrogens is 252 g/mol. The molecule has 0 spiro atoms. The third-order valence-electron chi connectivity index (χ3n) is 2.64. The molecule has 0 atom stereocenters. The number of nitrogens with two attached hydrogens (primary N) is 1. The molecular formula is C12H15BrN2. The van der Waals surface area contributed by atoms with Crippen LogP contribution in [0.3, 0.4) is 0 Å². The quantitative estimate of drug-likeness (QED) is 0.659. The van der Waals surface area contributed by atoms with Gasteiger partial charge in [-0.3, -0.25) is 4.90 Å². The molecule has 0 fully saturated rings. The Morgan fingerprint density at radius 1 is 1.33 bits per heavy atom. The first-order chi connectivity index (χ1) is 7.25. The zero-order valence-electron chi connectivity index (χ0n) is 8.62. The summed E-state index contributed by atoms with van der Waals surface area (Å²) >= 11 is 3.42. The fraction of sp³-hybridized carbons (Fsp3) is 0.333. The molecule has 0 radical (unpaired) electrons. The van der Waals surface area contributed by atoms with Gasteiger partial charge in [0, 0.05) is 29.8 Å². The molecule has 15 heavy (non-hydrogen) atoms. The average molecular weight is 267 g/mol. The largest absolute Gasteiger partial charge is 0.398 e. The van der Waals surface area contributed by atoms with Crippen LogP contribution in [0.25, 0.3) is 0 Å². The molecule has 1 aromatic carbocycles. The van der Waals surface area contributed by atoms with E-state index in [2.05, 4.69) is 39.0 Å². The van der Waals surface area contributed by atoms with E-state index in [0.717, 1.165) is 36.2 Å². The normalized spacial score (nSPS) is 16.9. The summed E-state index contributed by atoms with van der Waals surface area (Å²) in [4.78, 5) is 2.40. The summed E-state index contributed by atoms with van der Waals surface area (Å²) in [5, 5.41) is 0. The van der Waals surface area contributed by atoms with E-state index in [1.165, 1.54) is 5.56 Å². The highest BCUT2D eigenvalue weighted by molar-refractivity contribution is 9.10. The second-order valence-electron chi connectivity index (χ2n) is 3.84. The SMILES string of the molecule is Nc1cc(Br)ccc1CN1CC=CCC1. The minimum atomic E-state index is 0.874. The first-order valence-electron chi connectivity index (χ1n) is 5.17. The lowest BCUT2D eigenvalue weighted by molar-refractivity contribution is 0.291. The first kappa shape index (κ1) is 10.7. The van der Waals surface area contributed by atoms with Crippen LogP contribution < -0.4 is 5.73 Å². The molecule has 0 unspecified atom stereocenters. The van der Waals surface area contributed by atoms with Crippen molar-refractivity contribution in [3.05, 3.63) is 40.4 Å². The highest BCUT2D eigenvalue weighted by Crippen LogP contribution is 2.20. The van der Waals surface area contributed by atoms with Gasteiger partial charge in [0.1, 0.15) is 0 Å². The lowest BCUT2D eigenvalue weighted by atomic mass is 10.1. The molecule has 2 rings (SSSR count). The molecule has 1 aliphatic heterocycles. The molecule has 0 saturated carbocycles. The number of anilines is 1. The van der Waals surface area contributed by atoms with E-state index >= 15 is 0 Å². The van der Waals surface area contributed by atoms with E-state index in [0.29, 0.717) is 0 Å². The van der Waals surface area contributed by atoms with Gasteiger partial charge in [-0.25, -0.2) is 0 Å². The van der Waals surface area contributed by atoms with E-state index in [9.17, 15) is 0 Å². The Kier molecular flexibility index (Phi) is 3.44. The second kappa shape index (κ2) is 4.81. The molecule has 3 heteroatoms. The van der Waals surface area contributed by atoms with Crippen LogP contribution in [0.1, 0.15) is 12.0 Å². The Morgan fingerprint density at radius 3 is 2.87 bits per heavy atom. The van der Waals surface area contributed by atoms with Gasteiger partial charge in [-0.2, -0.15) is 0 Å². The average Bonchev–Trinajstić information content (AvgIpc) is 2.24. The zero-order valence-corrected chi connectivity index (χ0v) is 10.2. The molecule has 1 aliphatic rings. The van der Waals surface area contributed by atoms with Gasteiger partial charge >= 0.3 is 0 Å². The van der Waals surface area contributed by atoms with Gasteiger partial charge in [0.25, 0.3) is 0 Å². The van der Waals surface area contributed by atoms with Crippen LogP contribution in [0.15, 0.2) is 34.8 Å². The number of nitrogens with zero attached hydrogens (tertiary/aromatic N) is 1. The van der Waals surface area contributed by atoms with Crippen molar-refractivity contribution in [2.75, 3.05) is 18.8 Å². The fourth-order valence-corrected chi connectivity index (χ4v) is 2.16. The molecule has 2 N–H and O–H groups in total. The number of rotatable bonds is 2. The van der Waals surface area contributed by atoms with E-state index in [1.54, 1.807) is 0 Å². The second-order valence-corrected chi connectivity index (χ2v) is 4.75. The van der Waals surface area contributed by atoms with Crippen molar-refractivity contribution in [1.29, 1.82) is 0 Å². The van der Waals surface area contributed by atoms with Gasteiger partial charge in [-0.1, -0.05) is 34.1 Å². The summed E-state index contributed by atoms with van der Waals surface area (Å²) < 4.78 is 1.04. The Labute approximate surface area is 98.9 Å². The van der Waals surface area contributed by atoms with Crippen LogP contribution in [0.4, 0.5) is 5.69 Å². The first-order valence-corrected chi connectivity index (χ1v) is 5.96. The Bertz CT molecular complexity index is 374. The van der Waals surface area contributed by atoms with Gasteiger partial charge in [0.15, 0.2) is 0 Å². The topological polar surface area (TPSA) is 29.3 Å². The van der Waals surface area contributed by atoms with Crippen molar-refractivity contribution in [1.82, 2.24) is 4.90 Å². The third kappa shape index (κ3) is 2.83. The summed E-state index contributed by atoms with van der Waals surface area (Å²) in [5.74, 6) is 0. The van der Waals surface area contributed by atoms with Crippen molar-refractivity contribution >= 4 is 21.6 Å². The van der Waals surface area contributed by atoms with Crippen LogP contribution in [-0.4, -0.2) is 18.0 Å². The monoisotopic (exact) mass is 266 g/mol. The highest BCUT2D eigenvalue weighted by atomic mass is 79.9. The van der Waals surface area contributed by atoms with E-state index in [1.807, 2.05) is 12.1 Å². The van der Waals surface area contributed by atoms with E-state index in [-0.39, 0.29) is 0 Å². The van der Waals surface area contributed by atoms with E-state index < -0.39 is 0 Å². The third-order valence-corrected chi connectivity index (χ3v) is 3.14. The van der Waals surface area contributed by atoms with Crippen molar-refractivity contribution in [3.8, 4) is 0 Å². The standard InChI is InChI=1S/C12H15BrN2/c13-11-5-4-10(12(14)8-11)9-15-6-2-1-3-7-15/h1-2,4-5,8H,3,6-7,9,14H2. The van der Waals surface area contributed by atoms with Gasteiger partial charge in [-0.05, 0) is 24.1 Å². The molecule has 1 aromatic rings. The molecule has 0 aromatic heterocycles. The predicted molar refractivity (Wildman–Crippen MR) is 67.6 cm³/mol. The summed E-state index contributed by atoms with van der Waals surface area (Å²) in [7, 11) is 0. The van der Waals surface area contributed by atoms with Crippen molar-refractivity contribution in [2.45, 2.75) is 13.0 Å². The minimum absolute atomic E-state index is 0.874. The maximum Gasteiger partial charge on any atom is 0.0371 e. The minimum Gasteiger partial charge on any atom is -0.398 e. The lowest BCUT2D eigenvalue weighted by Crippen LogP contribution is -2.26.